The average Bonchev–Trinajstić information content (AvgIpc) is 3.11. The Kier molecular flexibility index (Phi) is 5.03. The molecule has 2 aromatic rings. The van der Waals surface area contributed by atoms with Crippen LogP contribution in [0.25, 0.3) is 0 Å². The highest BCUT2D eigenvalue weighted by molar-refractivity contribution is 6.00. The van der Waals surface area contributed by atoms with Gasteiger partial charge in [0.1, 0.15) is 13.2 Å². The number of hydrogen-bond donors (Lipinski definition) is 1. The van der Waals surface area contributed by atoms with Gasteiger partial charge in [-0.25, -0.2) is 9.59 Å². The van der Waals surface area contributed by atoms with Crippen molar-refractivity contribution in [1.82, 2.24) is 10.2 Å². The lowest BCUT2D eigenvalue weighted by Crippen LogP contribution is -2.50. The second-order valence-corrected chi connectivity index (χ2v) is 7.61. The molecule has 2 aliphatic heterocycles. The Morgan fingerprint density at radius 1 is 1.13 bits per heavy atom. The zero-order valence-corrected chi connectivity index (χ0v) is 17.1. The largest absolute Gasteiger partial charge is 0.456 e. The summed E-state index contributed by atoms with van der Waals surface area (Å²) in [5, 5.41) is 2.85. The van der Waals surface area contributed by atoms with E-state index in [4.69, 9.17) is 4.74 Å². The van der Waals surface area contributed by atoms with Crippen molar-refractivity contribution in [2.75, 3.05) is 25.1 Å². The SMILES string of the molecule is Cc1ccc([C@H]2NC(=O)N(CC(=O)N(C)c3cccc(C)c3)C3=C2C(=O)OC3)cc1. The van der Waals surface area contributed by atoms with E-state index < -0.39 is 18.0 Å². The van der Waals surface area contributed by atoms with Crippen LogP contribution >= 0.6 is 0 Å². The maximum atomic E-state index is 12.9. The van der Waals surface area contributed by atoms with Gasteiger partial charge in [0, 0.05) is 12.7 Å². The van der Waals surface area contributed by atoms with E-state index in [2.05, 4.69) is 5.32 Å². The van der Waals surface area contributed by atoms with Gasteiger partial charge in [-0.15, -0.1) is 0 Å². The van der Waals surface area contributed by atoms with E-state index >= 15 is 0 Å². The standard InChI is InChI=1S/C23H23N3O4/c1-14-7-9-16(10-8-14)21-20-18(13-30-22(20)28)26(23(29)24-21)12-19(27)25(3)17-6-4-5-15(2)11-17/h4-11,21H,12-13H2,1-3H3,(H,24,29)/t21-/m1/s1. The van der Waals surface area contributed by atoms with Crippen LogP contribution in [0.5, 0.6) is 0 Å². The number of urea groups is 1. The molecule has 2 aromatic carbocycles. The van der Waals surface area contributed by atoms with E-state index in [1.165, 1.54) is 9.80 Å². The Morgan fingerprint density at radius 3 is 2.57 bits per heavy atom. The van der Waals surface area contributed by atoms with Gasteiger partial charge in [0.25, 0.3) is 0 Å². The van der Waals surface area contributed by atoms with Crippen LogP contribution in [0.3, 0.4) is 0 Å². The van der Waals surface area contributed by atoms with Gasteiger partial charge in [0.15, 0.2) is 0 Å². The minimum atomic E-state index is -0.594. The summed E-state index contributed by atoms with van der Waals surface area (Å²) in [5.74, 6) is -0.740. The molecule has 0 aromatic heterocycles. The van der Waals surface area contributed by atoms with Crippen molar-refractivity contribution in [3.05, 3.63) is 76.5 Å². The number of anilines is 1. The first kappa shape index (κ1) is 19.7. The Labute approximate surface area is 174 Å². The molecule has 1 atom stereocenters. The minimum Gasteiger partial charge on any atom is -0.456 e. The summed E-state index contributed by atoms with van der Waals surface area (Å²) in [4.78, 5) is 41.0. The van der Waals surface area contributed by atoms with Crippen molar-refractivity contribution in [3.63, 3.8) is 0 Å². The van der Waals surface area contributed by atoms with Crippen LogP contribution in [0.2, 0.25) is 0 Å². The first-order valence-corrected chi connectivity index (χ1v) is 9.73. The summed E-state index contributed by atoms with van der Waals surface area (Å²) in [7, 11) is 1.67. The summed E-state index contributed by atoms with van der Waals surface area (Å²) >= 11 is 0. The lowest BCUT2D eigenvalue weighted by molar-refractivity contribution is -0.136. The number of cyclic esters (lactones) is 1. The zero-order valence-electron chi connectivity index (χ0n) is 17.1. The molecule has 4 rings (SSSR count). The molecule has 7 nitrogen and oxygen atoms in total. The van der Waals surface area contributed by atoms with Crippen molar-refractivity contribution in [3.8, 4) is 0 Å². The number of nitrogens with one attached hydrogen (secondary N) is 1. The normalized spacial score (nSPS) is 18.1. The number of likely N-dealkylation sites (N-methyl/N-ethyl adjacent to an activating group) is 1. The fourth-order valence-corrected chi connectivity index (χ4v) is 3.71. The van der Waals surface area contributed by atoms with Gasteiger partial charge < -0.3 is 15.0 Å². The van der Waals surface area contributed by atoms with E-state index in [1.807, 2.05) is 62.4 Å². The van der Waals surface area contributed by atoms with Crippen molar-refractivity contribution in [2.24, 2.45) is 0 Å². The van der Waals surface area contributed by atoms with Crippen molar-refractivity contribution in [2.45, 2.75) is 19.9 Å². The third-order valence-corrected chi connectivity index (χ3v) is 5.47. The topological polar surface area (TPSA) is 79.0 Å². The first-order chi connectivity index (χ1) is 14.3. The molecule has 0 unspecified atom stereocenters. The minimum absolute atomic E-state index is 0.0224. The highest BCUT2D eigenvalue weighted by Gasteiger charge is 2.42. The smallest absolute Gasteiger partial charge is 0.338 e. The van der Waals surface area contributed by atoms with Gasteiger partial charge in [-0.1, -0.05) is 42.0 Å². The van der Waals surface area contributed by atoms with Crippen molar-refractivity contribution < 1.29 is 19.1 Å². The third-order valence-electron chi connectivity index (χ3n) is 5.47. The second-order valence-electron chi connectivity index (χ2n) is 7.61. The van der Waals surface area contributed by atoms with Crippen LogP contribution in [0.4, 0.5) is 10.5 Å². The average molecular weight is 405 g/mol. The molecule has 0 aliphatic carbocycles. The van der Waals surface area contributed by atoms with Gasteiger partial charge in [-0.2, -0.15) is 0 Å². The Hall–Kier alpha value is -3.61. The Bertz CT molecular complexity index is 1060. The lowest BCUT2D eigenvalue weighted by Gasteiger charge is -2.33. The van der Waals surface area contributed by atoms with E-state index in [0.717, 1.165) is 22.4 Å². The van der Waals surface area contributed by atoms with Gasteiger partial charge in [0.05, 0.1) is 17.3 Å². The highest BCUT2D eigenvalue weighted by Crippen LogP contribution is 2.35. The number of aryl methyl sites for hydroxylation is 2. The van der Waals surface area contributed by atoms with Gasteiger partial charge in [0.2, 0.25) is 5.91 Å². The molecule has 30 heavy (non-hydrogen) atoms. The van der Waals surface area contributed by atoms with Gasteiger partial charge in [-0.3, -0.25) is 9.69 Å². The Morgan fingerprint density at radius 2 is 1.87 bits per heavy atom. The van der Waals surface area contributed by atoms with Gasteiger partial charge >= 0.3 is 12.0 Å². The van der Waals surface area contributed by atoms with Crippen LogP contribution in [-0.4, -0.2) is 43.0 Å². The molecule has 0 bridgehead atoms. The number of hydrogen-bond acceptors (Lipinski definition) is 4. The summed E-state index contributed by atoms with van der Waals surface area (Å²) in [6.45, 7) is 3.71. The molecular weight excluding hydrogens is 382 g/mol. The molecule has 0 spiro atoms. The summed E-state index contributed by atoms with van der Waals surface area (Å²) in [6.07, 6.45) is 0. The monoisotopic (exact) mass is 405 g/mol. The molecule has 0 fully saturated rings. The van der Waals surface area contributed by atoms with E-state index in [0.29, 0.717) is 11.3 Å². The number of esters is 1. The van der Waals surface area contributed by atoms with Crippen molar-refractivity contribution >= 4 is 23.6 Å². The number of nitrogens with zero attached hydrogens (tertiary/aromatic N) is 2. The van der Waals surface area contributed by atoms with Crippen LogP contribution < -0.4 is 10.2 Å². The number of rotatable bonds is 4. The summed E-state index contributed by atoms with van der Waals surface area (Å²) in [6, 6.07) is 14.1. The molecule has 0 radical (unpaired) electrons. The molecule has 7 heteroatoms. The second kappa shape index (κ2) is 7.67. The molecule has 1 N–H and O–H groups in total. The lowest BCUT2D eigenvalue weighted by atomic mass is 9.95. The third kappa shape index (κ3) is 3.54. The van der Waals surface area contributed by atoms with E-state index in [-0.39, 0.29) is 19.1 Å². The summed E-state index contributed by atoms with van der Waals surface area (Å²) in [5.41, 5.74) is 4.47. The molecule has 0 saturated heterocycles. The van der Waals surface area contributed by atoms with E-state index in [1.54, 1.807) is 7.05 Å². The molecule has 2 aliphatic rings. The number of benzene rings is 2. The Balaban J connectivity index is 1.62. The quantitative estimate of drug-likeness (QED) is 0.794. The fourth-order valence-electron chi connectivity index (χ4n) is 3.71. The number of carbonyl (C=O) groups is 3. The molecular formula is C23H23N3O4. The predicted molar refractivity (Wildman–Crippen MR) is 112 cm³/mol. The molecule has 0 saturated carbocycles. The maximum Gasteiger partial charge on any atom is 0.338 e. The maximum absolute atomic E-state index is 12.9. The van der Waals surface area contributed by atoms with Crippen LogP contribution in [0.1, 0.15) is 22.7 Å². The van der Waals surface area contributed by atoms with E-state index in [9.17, 15) is 14.4 Å². The van der Waals surface area contributed by atoms with Crippen LogP contribution in [-0.2, 0) is 14.3 Å². The van der Waals surface area contributed by atoms with Crippen LogP contribution in [0, 0.1) is 13.8 Å². The number of ether oxygens (including phenoxy) is 1. The summed E-state index contributed by atoms with van der Waals surface area (Å²) < 4.78 is 5.22. The molecule has 3 amide bonds. The first-order valence-electron chi connectivity index (χ1n) is 9.73. The van der Waals surface area contributed by atoms with Crippen LogP contribution in [0.15, 0.2) is 59.8 Å². The highest BCUT2D eigenvalue weighted by atomic mass is 16.5. The number of carbonyl (C=O) groups excluding carboxylic acids is 3. The zero-order chi connectivity index (χ0) is 21.4. The molecule has 2 heterocycles. The van der Waals surface area contributed by atoms with Crippen molar-refractivity contribution in [1.29, 1.82) is 0 Å². The predicted octanol–water partition coefficient (Wildman–Crippen LogP) is 2.84. The molecule has 154 valence electrons. The number of amides is 3. The fraction of sp³-hybridized carbons (Fsp3) is 0.261. The van der Waals surface area contributed by atoms with Gasteiger partial charge in [-0.05, 0) is 37.1 Å².